The molecule has 0 spiro atoms. The summed E-state index contributed by atoms with van der Waals surface area (Å²) in [6, 6.07) is 15.9. The van der Waals surface area contributed by atoms with Gasteiger partial charge < -0.3 is 5.32 Å². The number of aryl methyl sites for hydroxylation is 2. The quantitative estimate of drug-likeness (QED) is 0.345. The van der Waals surface area contributed by atoms with Gasteiger partial charge in [-0.3, -0.25) is 9.52 Å². The Labute approximate surface area is 239 Å². The smallest absolute Gasteiger partial charge is 0.261 e. The normalized spacial score (nSPS) is 16.6. The zero-order chi connectivity index (χ0) is 28.4. The number of carbonyl (C=O) groups is 1. The molecule has 1 unspecified atom stereocenters. The Bertz CT molecular complexity index is 1590. The van der Waals surface area contributed by atoms with Crippen LogP contribution in [0.3, 0.4) is 0 Å². The number of rotatable bonds is 8. The molecule has 1 saturated heterocycles. The van der Waals surface area contributed by atoms with Crippen LogP contribution in [-0.4, -0.2) is 40.1 Å². The Kier molecular flexibility index (Phi) is 8.92. The predicted octanol–water partition coefficient (Wildman–Crippen LogP) is 5.59. The first-order valence-corrected chi connectivity index (χ1v) is 16.1. The summed E-state index contributed by atoms with van der Waals surface area (Å²) in [5.41, 5.74) is 3.18. The van der Waals surface area contributed by atoms with Crippen LogP contribution in [0, 0.1) is 19.8 Å². The minimum atomic E-state index is -3.82. The van der Waals surface area contributed by atoms with Gasteiger partial charge in [-0.1, -0.05) is 47.0 Å². The number of carbonyl (C=O) groups excluding carboxylic acids is 1. The zero-order valence-electron chi connectivity index (χ0n) is 21.4. The van der Waals surface area contributed by atoms with Crippen LogP contribution in [0.15, 0.2) is 65.6 Å². The molecule has 1 aliphatic rings. The fraction of sp³-hybridized carbons (Fsp3) is 0.296. The number of benzene rings is 3. The summed E-state index contributed by atoms with van der Waals surface area (Å²) >= 11 is 12.1. The van der Waals surface area contributed by atoms with Crippen molar-refractivity contribution in [2.45, 2.75) is 37.3 Å². The highest BCUT2D eigenvalue weighted by molar-refractivity contribution is 7.92. The lowest BCUT2D eigenvalue weighted by molar-refractivity contribution is -0.120. The minimum absolute atomic E-state index is 0.0473. The van der Waals surface area contributed by atoms with E-state index in [1.807, 2.05) is 26.0 Å². The molecule has 2 N–H and O–H groups in total. The van der Waals surface area contributed by atoms with Gasteiger partial charge in [-0.15, -0.1) is 0 Å². The molecule has 3 aromatic carbocycles. The second kappa shape index (κ2) is 11.9. The molecule has 12 heteroatoms. The van der Waals surface area contributed by atoms with Gasteiger partial charge in [0, 0.05) is 28.8 Å². The fourth-order valence-electron chi connectivity index (χ4n) is 4.43. The van der Waals surface area contributed by atoms with Crippen molar-refractivity contribution < 1.29 is 21.6 Å². The molecule has 1 aliphatic heterocycles. The Hall–Kier alpha value is -2.63. The number of sulfonamides is 2. The number of anilines is 2. The third kappa shape index (κ3) is 7.32. The van der Waals surface area contributed by atoms with E-state index >= 15 is 0 Å². The highest BCUT2D eigenvalue weighted by Crippen LogP contribution is 2.27. The first-order chi connectivity index (χ1) is 18.3. The average Bonchev–Trinajstić information content (AvgIpc) is 2.88. The van der Waals surface area contributed by atoms with Gasteiger partial charge in [0.1, 0.15) is 0 Å². The molecular formula is C27H29Cl2N3O5S2. The largest absolute Gasteiger partial charge is 0.326 e. The van der Waals surface area contributed by atoms with Crippen molar-refractivity contribution in [2.75, 3.05) is 23.1 Å². The van der Waals surface area contributed by atoms with Gasteiger partial charge in [0.15, 0.2) is 0 Å². The SMILES string of the molecule is Cc1ccc(NS(=O)(=O)c2ccc(NC(=O)C3CCCN(S(=O)(=O)Cc4ccc(Cl)cc4Cl)C3)cc2)c(C)c1. The number of hydrogen-bond donors (Lipinski definition) is 2. The van der Waals surface area contributed by atoms with Crippen LogP contribution in [-0.2, 0) is 30.6 Å². The maximum Gasteiger partial charge on any atom is 0.261 e. The van der Waals surface area contributed by atoms with E-state index in [0.29, 0.717) is 41.3 Å². The summed E-state index contributed by atoms with van der Waals surface area (Å²) in [5, 5.41) is 3.47. The highest BCUT2D eigenvalue weighted by Gasteiger charge is 2.33. The van der Waals surface area contributed by atoms with Crippen LogP contribution in [0.2, 0.25) is 10.0 Å². The molecule has 0 aliphatic carbocycles. The highest BCUT2D eigenvalue weighted by atomic mass is 35.5. The molecule has 39 heavy (non-hydrogen) atoms. The lowest BCUT2D eigenvalue weighted by Crippen LogP contribution is -2.44. The molecule has 0 aromatic heterocycles. The summed E-state index contributed by atoms with van der Waals surface area (Å²) in [5.74, 6) is -1.17. The number of nitrogens with one attached hydrogen (secondary N) is 2. The van der Waals surface area contributed by atoms with Crippen LogP contribution in [0.1, 0.15) is 29.5 Å². The van der Waals surface area contributed by atoms with Gasteiger partial charge in [-0.2, -0.15) is 0 Å². The number of nitrogens with zero attached hydrogens (tertiary/aromatic N) is 1. The van der Waals surface area contributed by atoms with E-state index < -0.39 is 26.0 Å². The van der Waals surface area contributed by atoms with Gasteiger partial charge in [0.2, 0.25) is 15.9 Å². The number of halogens is 2. The van der Waals surface area contributed by atoms with Crippen LogP contribution in [0.4, 0.5) is 11.4 Å². The molecule has 1 fully saturated rings. The van der Waals surface area contributed by atoms with E-state index in [9.17, 15) is 21.6 Å². The Balaban J connectivity index is 1.39. The second-order valence-electron chi connectivity index (χ2n) is 9.63. The first kappa shape index (κ1) is 29.4. The molecule has 0 radical (unpaired) electrons. The standard InChI is InChI=1S/C27H29Cl2N3O5S2/c1-18-5-12-26(19(2)14-18)31-39(36,37)24-10-8-23(9-11-24)30-27(33)20-4-3-13-32(16-20)38(34,35)17-21-6-7-22(28)15-25(21)29/h5-12,14-15,20,31H,3-4,13,16-17H2,1-2H3,(H,30,33). The van der Waals surface area contributed by atoms with Gasteiger partial charge in [-0.05, 0) is 80.3 Å². The molecule has 1 amide bonds. The summed E-state index contributed by atoms with van der Waals surface area (Å²) in [7, 11) is -7.53. The summed E-state index contributed by atoms with van der Waals surface area (Å²) in [4.78, 5) is 13.0. The van der Waals surface area contributed by atoms with E-state index in [4.69, 9.17) is 23.2 Å². The third-order valence-electron chi connectivity index (χ3n) is 6.56. The van der Waals surface area contributed by atoms with Crippen molar-refractivity contribution in [3.8, 4) is 0 Å². The Morgan fingerprint density at radius 2 is 1.69 bits per heavy atom. The average molecular weight is 611 g/mol. The molecule has 1 heterocycles. The van der Waals surface area contributed by atoms with Gasteiger partial charge in [0.25, 0.3) is 10.0 Å². The van der Waals surface area contributed by atoms with E-state index in [1.165, 1.54) is 34.6 Å². The van der Waals surface area contributed by atoms with Crippen molar-refractivity contribution in [1.29, 1.82) is 0 Å². The number of amides is 1. The predicted molar refractivity (Wildman–Crippen MR) is 155 cm³/mol. The molecule has 3 aromatic rings. The van der Waals surface area contributed by atoms with Crippen molar-refractivity contribution in [2.24, 2.45) is 5.92 Å². The minimum Gasteiger partial charge on any atom is -0.326 e. The summed E-state index contributed by atoms with van der Waals surface area (Å²) in [6.07, 6.45) is 1.07. The van der Waals surface area contributed by atoms with Crippen molar-refractivity contribution in [1.82, 2.24) is 4.31 Å². The van der Waals surface area contributed by atoms with Crippen LogP contribution in [0.5, 0.6) is 0 Å². The van der Waals surface area contributed by atoms with Crippen LogP contribution < -0.4 is 10.0 Å². The van der Waals surface area contributed by atoms with E-state index in [2.05, 4.69) is 10.0 Å². The van der Waals surface area contributed by atoms with Crippen molar-refractivity contribution in [3.63, 3.8) is 0 Å². The molecule has 1 atom stereocenters. The zero-order valence-corrected chi connectivity index (χ0v) is 24.6. The van der Waals surface area contributed by atoms with E-state index in [0.717, 1.165) is 11.1 Å². The van der Waals surface area contributed by atoms with Crippen molar-refractivity contribution in [3.05, 3.63) is 87.4 Å². The lowest BCUT2D eigenvalue weighted by atomic mass is 9.99. The maximum atomic E-state index is 13.1. The molecule has 0 bridgehead atoms. The molecular weight excluding hydrogens is 581 g/mol. The van der Waals surface area contributed by atoms with Gasteiger partial charge >= 0.3 is 0 Å². The molecule has 0 saturated carbocycles. The topological polar surface area (TPSA) is 113 Å². The van der Waals surface area contributed by atoms with Crippen molar-refractivity contribution >= 4 is 60.5 Å². The molecule has 4 rings (SSSR count). The Morgan fingerprint density at radius 1 is 0.974 bits per heavy atom. The first-order valence-electron chi connectivity index (χ1n) is 12.3. The van der Waals surface area contributed by atoms with Crippen LogP contribution >= 0.6 is 23.2 Å². The van der Waals surface area contributed by atoms with Gasteiger partial charge in [-0.25, -0.2) is 21.1 Å². The monoisotopic (exact) mass is 609 g/mol. The Morgan fingerprint density at radius 3 is 2.36 bits per heavy atom. The van der Waals surface area contributed by atoms with Gasteiger partial charge in [0.05, 0.1) is 22.3 Å². The number of hydrogen-bond acceptors (Lipinski definition) is 5. The molecule has 208 valence electrons. The fourth-order valence-corrected chi connectivity index (χ4v) is 7.76. The summed E-state index contributed by atoms with van der Waals surface area (Å²) in [6.45, 7) is 4.12. The van der Waals surface area contributed by atoms with E-state index in [-0.39, 0.29) is 28.1 Å². The lowest BCUT2D eigenvalue weighted by Gasteiger charge is -2.31. The second-order valence-corrected chi connectivity index (χ2v) is 14.1. The maximum absolute atomic E-state index is 13.1. The van der Waals surface area contributed by atoms with E-state index in [1.54, 1.807) is 18.2 Å². The van der Waals surface area contributed by atoms with Crippen LogP contribution in [0.25, 0.3) is 0 Å². The number of piperidine rings is 1. The molecule has 8 nitrogen and oxygen atoms in total. The third-order valence-corrected chi connectivity index (χ3v) is 10.3. The summed E-state index contributed by atoms with van der Waals surface area (Å²) < 4.78 is 55.7.